The van der Waals surface area contributed by atoms with E-state index in [0.29, 0.717) is 12.3 Å². The minimum absolute atomic E-state index is 0.153. The lowest BCUT2D eigenvalue weighted by atomic mass is 10.0. The van der Waals surface area contributed by atoms with E-state index in [1.165, 1.54) is 23.1 Å². The minimum atomic E-state index is 0.153. The summed E-state index contributed by atoms with van der Waals surface area (Å²) in [6.45, 7) is 0.742. The maximum absolute atomic E-state index is 12.3. The SMILES string of the molecule is COC[C@@H]1CCC[C@@H]1NC(=O)CCc1ccc(-c2ccccc2)cc1. The van der Waals surface area contributed by atoms with Crippen LogP contribution in [0.25, 0.3) is 11.1 Å². The predicted molar refractivity (Wildman–Crippen MR) is 101 cm³/mol. The summed E-state index contributed by atoms with van der Waals surface area (Å²) >= 11 is 0. The molecule has 132 valence electrons. The number of carbonyl (C=O) groups excluding carboxylic acids is 1. The number of nitrogens with one attached hydrogen (secondary N) is 1. The van der Waals surface area contributed by atoms with Crippen molar-refractivity contribution in [3.8, 4) is 11.1 Å². The Labute approximate surface area is 150 Å². The van der Waals surface area contributed by atoms with Gasteiger partial charge in [0.1, 0.15) is 0 Å². The summed E-state index contributed by atoms with van der Waals surface area (Å²) in [5.74, 6) is 0.624. The molecule has 3 rings (SSSR count). The topological polar surface area (TPSA) is 38.3 Å². The lowest BCUT2D eigenvalue weighted by Crippen LogP contribution is -2.38. The number of rotatable bonds is 7. The highest BCUT2D eigenvalue weighted by Gasteiger charge is 2.28. The molecule has 0 aliphatic heterocycles. The number of benzene rings is 2. The number of aryl methyl sites for hydroxylation is 1. The fraction of sp³-hybridized carbons (Fsp3) is 0.409. The van der Waals surface area contributed by atoms with Gasteiger partial charge in [0, 0.05) is 25.5 Å². The summed E-state index contributed by atoms with van der Waals surface area (Å²) in [6, 6.07) is 19.1. The smallest absolute Gasteiger partial charge is 0.220 e. The molecule has 2 atom stereocenters. The Morgan fingerprint density at radius 3 is 2.48 bits per heavy atom. The third-order valence-electron chi connectivity index (χ3n) is 5.09. The quantitative estimate of drug-likeness (QED) is 0.821. The molecular formula is C22H27NO2. The van der Waals surface area contributed by atoms with Crippen LogP contribution in [-0.2, 0) is 16.0 Å². The first-order valence-corrected chi connectivity index (χ1v) is 9.19. The first-order chi connectivity index (χ1) is 12.3. The number of hydrogen-bond acceptors (Lipinski definition) is 2. The molecule has 25 heavy (non-hydrogen) atoms. The monoisotopic (exact) mass is 337 g/mol. The largest absolute Gasteiger partial charge is 0.384 e. The lowest BCUT2D eigenvalue weighted by Gasteiger charge is -2.20. The third-order valence-corrected chi connectivity index (χ3v) is 5.09. The molecule has 1 saturated carbocycles. The van der Waals surface area contributed by atoms with E-state index < -0.39 is 0 Å². The summed E-state index contributed by atoms with van der Waals surface area (Å²) < 4.78 is 5.26. The van der Waals surface area contributed by atoms with E-state index in [1.54, 1.807) is 7.11 Å². The zero-order chi connectivity index (χ0) is 17.5. The molecule has 3 nitrogen and oxygen atoms in total. The molecule has 0 saturated heterocycles. The highest BCUT2D eigenvalue weighted by atomic mass is 16.5. The molecule has 1 amide bonds. The third kappa shape index (κ3) is 4.93. The number of carbonyl (C=O) groups is 1. The number of methoxy groups -OCH3 is 1. The van der Waals surface area contributed by atoms with Gasteiger partial charge in [0.05, 0.1) is 6.61 Å². The van der Waals surface area contributed by atoms with Crippen LogP contribution in [-0.4, -0.2) is 25.7 Å². The fourth-order valence-electron chi connectivity index (χ4n) is 3.67. The van der Waals surface area contributed by atoms with Crippen molar-refractivity contribution in [2.75, 3.05) is 13.7 Å². The van der Waals surface area contributed by atoms with Gasteiger partial charge in [-0.25, -0.2) is 0 Å². The Morgan fingerprint density at radius 2 is 1.76 bits per heavy atom. The molecule has 1 aliphatic rings. The Kier molecular flexibility index (Phi) is 6.24. The van der Waals surface area contributed by atoms with Crippen LogP contribution >= 0.6 is 0 Å². The highest BCUT2D eigenvalue weighted by molar-refractivity contribution is 5.76. The van der Waals surface area contributed by atoms with E-state index in [2.05, 4.69) is 41.7 Å². The standard InChI is InChI=1S/C22H27NO2/c1-25-16-20-8-5-9-21(20)23-22(24)15-12-17-10-13-19(14-11-17)18-6-3-2-4-7-18/h2-4,6-7,10-11,13-14,20-21H,5,8-9,12,15-16H2,1H3,(H,23,24)/t20-,21-/m0/s1. The van der Waals surface area contributed by atoms with Crippen molar-refractivity contribution in [1.82, 2.24) is 5.32 Å². The average Bonchev–Trinajstić information content (AvgIpc) is 3.08. The van der Waals surface area contributed by atoms with E-state index in [0.717, 1.165) is 25.9 Å². The minimum Gasteiger partial charge on any atom is -0.384 e. The molecule has 3 heteroatoms. The molecule has 1 N–H and O–H groups in total. The Bertz CT molecular complexity index is 666. The van der Waals surface area contributed by atoms with Crippen LogP contribution in [0.5, 0.6) is 0 Å². The van der Waals surface area contributed by atoms with Gasteiger partial charge in [-0.1, -0.05) is 61.0 Å². The second kappa shape index (κ2) is 8.82. The Hall–Kier alpha value is -2.13. The van der Waals surface area contributed by atoms with Crippen LogP contribution in [0.2, 0.25) is 0 Å². The van der Waals surface area contributed by atoms with E-state index in [-0.39, 0.29) is 11.9 Å². The Morgan fingerprint density at radius 1 is 1.04 bits per heavy atom. The molecule has 0 spiro atoms. The van der Waals surface area contributed by atoms with Gasteiger partial charge in [0.2, 0.25) is 5.91 Å². The van der Waals surface area contributed by atoms with E-state index in [1.807, 2.05) is 18.2 Å². The van der Waals surface area contributed by atoms with Gasteiger partial charge in [-0.2, -0.15) is 0 Å². The van der Waals surface area contributed by atoms with E-state index >= 15 is 0 Å². The normalized spacial score (nSPS) is 19.7. The first kappa shape index (κ1) is 17.7. The first-order valence-electron chi connectivity index (χ1n) is 9.19. The number of amides is 1. The zero-order valence-electron chi connectivity index (χ0n) is 14.9. The van der Waals surface area contributed by atoms with Crippen molar-refractivity contribution >= 4 is 5.91 Å². The van der Waals surface area contributed by atoms with E-state index in [9.17, 15) is 4.79 Å². The van der Waals surface area contributed by atoms with Gasteiger partial charge in [-0.3, -0.25) is 4.79 Å². The number of ether oxygens (including phenoxy) is 1. The van der Waals surface area contributed by atoms with Crippen LogP contribution in [0.4, 0.5) is 0 Å². The molecule has 2 aromatic carbocycles. The average molecular weight is 337 g/mol. The van der Waals surface area contributed by atoms with Crippen LogP contribution in [0.15, 0.2) is 54.6 Å². The van der Waals surface area contributed by atoms with Crippen molar-refractivity contribution in [1.29, 1.82) is 0 Å². The van der Waals surface area contributed by atoms with Gasteiger partial charge in [-0.15, -0.1) is 0 Å². The Balaban J connectivity index is 1.49. The summed E-state index contributed by atoms with van der Waals surface area (Å²) in [7, 11) is 1.73. The summed E-state index contributed by atoms with van der Waals surface area (Å²) in [4.78, 5) is 12.3. The summed E-state index contributed by atoms with van der Waals surface area (Å²) in [5.41, 5.74) is 3.63. The molecule has 2 aromatic rings. The maximum Gasteiger partial charge on any atom is 0.220 e. The molecule has 0 aromatic heterocycles. The summed E-state index contributed by atoms with van der Waals surface area (Å²) in [6.07, 6.45) is 4.73. The lowest BCUT2D eigenvalue weighted by molar-refractivity contribution is -0.122. The fourth-order valence-corrected chi connectivity index (χ4v) is 3.67. The van der Waals surface area contributed by atoms with Crippen LogP contribution in [0.3, 0.4) is 0 Å². The maximum atomic E-state index is 12.3. The highest BCUT2D eigenvalue weighted by Crippen LogP contribution is 2.26. The second-order valence-electron chi connectivity index (χ2n) is 6.88. The van der Waals surface area contributed by atoms with Crippen molar-refractivity contribution < 1.29 is 9.53 Å². The van der Waals surface area contributed by atoms with Crippen LogP contribution in [0.1, 0.15) is 31.2 Å². The summed E-state index contributed by atoms with van der Waals surface area (Å²) in [5, 5.41) is 3.20. The molecule has 0 radical (unpaired) electrons. The zero-order valence-corrected chi connectivity index (χ0v) is 14.9. The molecular weight excluding hydrogens is 310 g/mol. The van der Waals surface area contributed by atoms with Crippen molar-refractivity contribution in [2.24, 2.45) is 5.92 Å². The molecule has 0 heterocycles. The molecule has 0 unspecified atom stereocenters. The molecule has 0 bridgehead atoms. The van der Waals surface area contributed by atoms with Gasteiger partial charge in [-0.05, 0) is 36.0 Å². The van der Waals surface area contributed by atoms with Gasteiger partial charge < -0.3 is 10.1 Å². The van der Waals surface area contributed by atoms with Crippen molar-refractivity contribution in [2.45, 2.75) is 38.1 Å². The van der Waals surface area contributed by atoms with Crippen molar-refractivity contribution in [3.63, 3.8) is 0 Å². The van der Waals surface area contributed by atoms with Crippen molar-refractivity contribution in [3.05, 3.63) is 60.2 Å². The molecule has 1 fully saturated rings. The van der Waals surface area contributed by atoms with E-state index in [4.69, 9.17) is 4.74 Å². The van der Waals surface area contributed by atoms with Gasteiger partial charge >= 0.3 is 0 Å². The van der Waals surface area contributed by atoms with Gasteiger partial charge in [0.15, 0.2) is 0 Å². The van der Waals surface area contributed by atoms with Crippen LogP contribution < -0.4 is 5.32 Å². The number of hydrogen-bond donors (Lipinski definition) is 1. The molecule has 1 aliphatic carbocycles. The van der Waals surface area contributed by atoms with Crippen LogP contribution in [0, 0.1) is 5.92 Å². The second-order valence-corrected chi connectivity index (χ2v) is 6.88. The predicted octanol–water partition coefficient (Wildman–Crippen LogP) is 4.22. The van der Waals surface area contributed by atoms with Gasteiger partial charge in [0.25, 0.3) is 0 Å².